The Hall–Kier alpha value is -2.03. The molecule has 1 aromatic carbocycles. The molecular formula is C17H23NO2. The molecule has 20 heavy (non-hydrogen) atoms. The van der Waals surface area contributed by atoms with Gasteiger partial charge in [-0.25, -0.2) is 0 Å². The van der Waals surface area contributed by atoms with Crippen molar-refractivity contribution < 1.29 is 9.90 Å². The molecule has 1 aromatic rings. The first-order valence-electron chi connectivity index (χ1n) is 6.86. The molecule has 1 amide bonds. The van der Waals surface area contributed by atoms with Gasteiger partial charge in [-0.05, 0) is 45.7 Å². The molecule has 2 N–H and O–H groups in total. The van der Waals surface area contributed by atoms with Crippen LogP contribution < -0.4 is 5.32 Å². The number of para-hydroxylation sites is 1. The van der Waals surface area contributed by atoms with Crippen molar-refractivity contribution in [3.8, 4) is 5.75 Å². The first kappa shape index (κ1) is 16.0. The second kappa shape index (κ2) is 8.20. The molecule has 0 bridgehead atoms. The van der Waals surface area contributed by atoms with Gasteiger partial charge in [0.1, 0.15) is 5.75 Å². The minimum atomic E-state index is -0.253. The largest absolute Gasteiger partial charge is 0.507 e. The molecule has 108 valence electrons. The van der Waals surface area contributed by atoms with E-state index in [1.807, 2.05) is 6.08 Å². The fraction of sp³-hybridized carbons (Fsp3) is 0.353. The fourth-order valence-corrected chi connectivity index (χ4v) is 1.77. The molecule has 0 heterocycles. The minimum absolute atomic E-state index is 0.00857. The van der Waals surface area contributed by atoms with E-state index in [0.29, 0.717) is 12.1 Å². The second-order valence-corrected chi connectivity index (χ2v) is 5.10. The summed E-state index contributed by atoms with van der Waals surface area (Å²) in [5.41, 5.74) is 2.88. The monoisotopic (exact) mass is 273 g/mol. The Morgan fingerprint density at radius 1 is 1.20 bits per heavy atom. The Bertz CT molecular complexity index is 511. The van der Waals surface area contributed by atoms with Gasteiger partial charge in [-0.3, -0.25) is 4.79 Å². The highest BCUT2D eigenvalue weighted by atomic mass is 16.3. The average molecular weight is 273 g/mol. The summed E-state index contributed by atoms with van der Waals surface area (Å²) in [5, 5.41) is 12.4. The molecule has 3 nitrogen and oxygen atoms in total. The van der Waals surface area contributed by atoms with Gasteiger partial charge in [0.25, 0.3) is 5.91 Å². The predicted molar refractivity (Wildman–Crippen MR) is 82.9 cm³/mol. The summed E-state index contributed by atoms with van der Waals surface area (Å²) < 4.78 is 0. The Morgan fingerprint density at radius 3 is 2.55 bits per heavy atom. The zero-order chi connectivity index (χ0) is 15.0. The quantitative estimate of drug-likeness (QED) is 0.774. The van der Waals surface area contributed by atoms with Gasteiger partial charge in [0.15, 0.2) is 0 Å². The number of benzene rings is 1. The lowest BCUT2D eigenvalue weighted by Gasteiger charge is -2.05. The molecule has 0 aliphatic heterocycles. The van der Waals surface area contributed by atoms with E-state index in [1.54, 1.807) is 18.2 Å². The third kappa shape index (κ3) is 5.74. The van der Waals surface area contributed by atoms with Crippen LogP contribution >= 0.6 is 0 Å². The Labute approximate surface area is 121 Å². The number of phenols is 1. The number of nitrogens with one attached hydrogen (secondary N) is 1. The van der Waals surface area contributed by atoms with Crippen LogP contribution in [0.25, 0.3) is 0 Å². The number of allylic oxidation sites excluding steroid dienone is 3. The van der Waals surface area contributed by atoms with Crippen LogP contribution in [0.3, 0.4) is 0 Å². The van der Waals surface area contributed by atoms with Gasteiger partial charge in [-0.2, -0.15) is 0 Å². The second-order valence-electron chi connectivity index (χ2n) is 5.10. The summed E-state index contributed by atoms with van der Waals surface area (Å²) in [6, 6.07) is 6.54. The smallest absolute Gasteiger partial charge is 0.255 e. The average Bonchev–Trinajstić information content (AvgIpc) is 2.38. The van der Waals surface area contributed by atoms with Crippen molar-refractivity contribution in [2.24, 2.45) is 0 Å². The van der Waals surface area contributed by atoms with Crippen LogP contribution in [0.2, 0.25) is 0 Å². The van der Waals surface area contributed by atoms with Gasteiger partial charge < -0.3 is 10.4 Å². The van der Waals surface area contributed by atoms with E-state index in [4.69, 9.17) is 0 Å². The van der Waals surface area contributed by atoms with Gasteiger partial charge in [-0.15, -0.1) is 0 Å². The van der Waals surface area contributed by atoms with Gasteiger partial charge >= 0.3 is 0 Å². The first-order valence-corrected chi connectivity index (χ1v) is 6.86. The van der Waals surface area contributed by atoms with Gasteiger partial charge in [-0.1, -0.05) is 35.4 Å². The summed E-state index contributed by atoms with van der Waals surface area (Å²) in [5.74, 6) is -0.245. The van der Waals surface area contributed by atoms with E-state index in [0.717, 1.165) is 12.8 Å². The zero-order valence-electron chi connectivity index (χ0n) is 12.4. The van der Waals surface area contributed by atoms with E-state index < -0.39 is 0 Å². The predicted octanol–water partition coefficient (Wildman–Crippen LogP) is 3.81. The number of rotatable bonds is 6. The summed E-state index contributed by atoms with van der Waals surface area (Å²) in [6.45, 7) is 6.72. The Morgan fingerprint density at radius 2 is 1.90 bits per heavy atom. The third-order valence-corrected chi connectivity index (χ3v) is 2.95. The van der Waals surface area contributed by atoms with Crippen LogP contribution in [-0.2, 0) is 0 Å². The van der Waals surface area contributed by atoms with Crippen LogP contribution in [0.4, 0.5) is 0 Å². The number of hydrogen-bond donors (Lipinski definition) is 2. The number of aromatic hydroxyl groups is 1. The lowest BCUT2D eigenvalue weighted by molar-refractivity contribution is 0.0955. The minimum Gasteiger partial charge on any atom is -0.507 e. The molecule has 0 atom stereocenters. The van der Waals surface area contributed by atoms with Crippen LogP contribution in [0.1, 0.15) is 44.0 Å². The molecule has 0 aromatic heterocycles. The maximum atomic E-state index is 11.8. The molecule has 0 unspecified atom stereocenters. The molecule has 1 rings (SSSR count). The number of carbonyl (C=O) groups excluding carboxylic acids is 1. The van der Waals surface area contributed by atoms with E-state index in [9.17, 15) is 9.90 Å². The van der Waals surface area contributed by atoms with Gasteiger partial charge in [0.2, 0.25) is 0 Å². The van der Waals surface area contributed by atoms with Crippen LogP contribution in [0, 0.1) is 0 Å². The summed E-state index contributed by atoms with van der Waals surface area (Å²) >= 11 is 0. The van der Waals surface area contributed by atoms with Crippen molar-refractivity contribution >= 4 is 5.91 Å². The summed E-state index contributed by atoms with van der Waals surface area (Å²) in [6.07, 6.45) is 6.24. The number of hydrogen-bond acceptors (Lipinski definition) is 2. The van der Waals surface area contributed by atoms with Crippen molar-refractivity contribution in [3.63, 3.8) is 0 Å². The van der Waals surface area contributed by atoms with E-state index in [2.05, 4.69) is 32.2 Å². The Balaban J connectivity index is 2.42. The highest BCUT2D eigenvalue weighted by Gasteiger charge is 2.08. The Kier molecular flexibility index (Phi) is 6.57. The third-order valence-electron chi connectivity index (χ3n) is 2.95. The van der Waals surface area contributed by atoms with Gasteiger partial charge in [0, 0.05) is 6.54 Å². The van der Waals surface area contributed by atoms with E-state index in [1.165, 1.54) is 17.2 Å². The van der Waals surface area contributed by atoms with Crippen LogP contribution in [0.5, 0.6) is 5.75 Å². The molecule has 0 saturated carbocycles. The normalized spacial score (nSPS) is 11.1. The lowest BCUT2D eigenvalue weighted by atomic mass is 10.1. The zero-order valence-corrected chi connectivity index (χ0v) is 12.4. The number of carbonyl (C=O) groups is 1. The summed E-state index contributed by atoms with van der Waals surface area (Å²) in [7, 11) is 0. The standard InChI is InChI=1S/C17H23NO2/c1-13(2)7-6-8-14(3)11-12-18-17(20)15-9-4-5-10-16(15)19/h4-5,7,9-11,19H,6,8,12H2,1-3H3,(H,18,20). The topological polar surface area (TPSA) is 49.3 Å². The summed E-state index contributed by atoms with van der Waals surface area (Å²) in [4.78, 5) is 11.8. The molecule has 0 radical (unpaired) electrons. The molecule has 0 spiro atoms. The molecular weight excluding hydrogens is 250 g/mol. The van der Waals surface area contributed by atoms with E-state index in [-0.39, 0.29) is 11.7 Å². The van der Waals surface area contributed by atoms with Crippen molar-refractivity contribution in [1.82, 2.24) is 5.32 Å². The van der Waals surface area contributed by atoms with Gasteiger partial charge in [0.05, 0.1) is 5.56 Å². The molecule has 0 aliphatic rings. The molecule has 0 saturated heterocycles. The maximum Gasteiger partial charge on any atom is 0.255 e. The fourth-order valence-electron chi connectivity index (χ4n) is 1.77. The molecule has 0 aliphatic carbocycles. The van der Waals surface area contributed by atoms with Crippen molar-refractivity contribution in [2.45, 2.75) is 33.6 Å². The highest BCUT2D eigenvalue weighted by molar-refractivity contribution is 5.96. The SMILES string of the molecule is CC(C)=CCCC(C)=CCNC(=O)c1ccccc1O. The number of amides is 1. The van der Waals surface area contributed by atoms with Crippen molar-refractivity contribution in [1.29, 1.82) is 0 Å². The van der Waals surface area contributed by atoms with Crippen molar-refractivity contribution in [2.75, 3.05) is 6.54 Å². The lowest BCUT2D eigenvalue weighted by Crippen LogP contribution is -2.23. The number of phenolic OH excluding ortho intramolecular Hbond substituents is 1. The maximum absolute atomic E-state index is 11.8. The van der Waals surface area contributed by atoms with E-state index >= 15 is 0 Å². The molecule has 0 fully saturated rings. The first-order chi connectivity index (χ1) is 9.50. The van der Waals surface area contributed by atoms with Crippen molar-refractivity contribution in [3.05, 3.63) is 53.1 Å². The van der Waals surface area contributed by atoms with Crippen LogP contribution in [0.15, 0.2) is 47.6 Å². The molecule has 3 heteroatoms. The highest BCUT2D eigenvalue weighted by Crippen LogP contribution is 2.14. The van der Waals surface area contributed by atoms with Crippen LogP contribution in [-0.4, -0.2) is 17.6 Å².